The second kappa shape index (κ2) is 5.11. The molecule has 108 valence electrons. The molecule has 0 aliphatic heterocycles. The first kappa shape index (κ1) is 14.0. The summed E-state index contributed by atoms with van der Waals surface area (Å²) in [5, 5.41) is 3.77. The first-order valence-corrected chi connectivity index (χ1v) is 7.97. The zero-order chi connectivity index (χ0) is 15.1. The second-order valence-corrected chi connectivity index (χ2v) is 6.66. The van der Waals surface area contributed by atoms with Crippen molar-refractivity contribution < 1.29 is 0 Å². The molecule has 21 heavy (non-hydrogen) atoms. The summed E-state index contributed by atoms with van der Waals surface area (Å²) in [7, 11) is 0. The minimum Gasteiger partial charge on any atom is -0.375 e. The van der Waals surface area contributed by atoms with Crippen LogP contribution in [0, 0.1) is 13.8 Å². The van der Waals surface area contributed by atoms with Crippen molar-refractivity contribution in [3.63, 3.8) is 0 Å². The number of fused-ring (bicyclic) bond motifs is 1. The Hall–Kier alpha value is -1.94. The van der Waals surface area contributed by atoms with Gasteiger partial charge in [0.05, 0.1) is 11.2 Å². The molecule has 0 saturated carbocycles. The number of nitrogens with zero attached hydrogens (tertiary/aromatic N) is 2. The Labute approximate surface area is 128 Å². The van der Waals surface area contributed by atoms with Crippen molar-refractivity contribution in [2.24, 2.45) is 0 Å². The Kier molecular flexibility index (Phi) is 3.41. The summed E-state index contributed by atoms with van der Waals surface area (Å²) in [6.45, 7) is 8.58. The van der Waals surface area contributed by atoms with Crippen molar-refractivity contribution in [1.82, 2.24) is 9.97 Å². The fourth-order valence-electron chi connectivity index (χ4n) is 2.43. The van der Waals surface area contributed by atoms with E-state index in [-0.39, 0.29) is 0 Å². The SMILES string of the molecule is Cc1cc2nc(C(C)C)cc(-c3csc(N)n3)c2cc1C. The largest absolute Gasteiger partial charge is 0.375 e. The molecule has 0 amide bonds. The van der Waals surface area contributed by atoms with Gasteiger partial charge in [0, 0.05) is 22.0 Å². The van der Waals surface area contributed by atoms with E-state index in [0.717, 1.165) is 27.9 Å². The van der Waals surface area contributed by atoms with Gasteiger partial charge < -0.3 is 5.73 Å². The van der Waals surface area contributed by atoms with Crippen molar-refractivity contribution in [3.05, 3.63) is 40.4 Å². The number of benzene rings is 1. The lowest BCUT2D eigenvalue weighted by molar-refractivity contribution is 0.830. The van der Waals surface area contributed by atoms with Crippen LogP contribution in [-0.4, -0.2) is 9.97 Å². The molecule has 0 fully saturated rings. The highest BCUT2D eigenvalue weighted by molar-refractivity contribution is 7.13. The average Bonchev–Trinajstić information content (AvgIpc) is 2.85. The van der Waals surface area contributed by atoms with Gasteiger partial charge in [-0.1, -0.05) is 13.8 Å². The van der Waals surface area contributed by atoms with Gasteiger partial charge in [-0.05, 0) is 49.1 Å². The van der Waals surface area contributed by atoms with Gasteiger partial charge in [-0.2, -0.15) is 0 Å². The van der Waals surface area contributed by atoms with E-state index in [4.69, 9.17) is 10.7 Å². The van der Waals surface area contributed by atoms with Crippen molar-refractivity contribution in [2.75, 3.05) is 5.73 Å². The molecule has 2 aromatic heterocycles. The van der Waals surface area contributed by atoms with Gasteiger partial charge in [-0.25, -0.2) is 4.98 Å². The van der Waals surface area contributed by atoms with Crippen molar-refractivity contribution in [1.29, 1.82) is 0 Å². The standard InChI is InChI=1S/C17H19N3S/c1-9(2)14-7-13(16-8-21-17(18)20-16)12-5-10(3)11(4)6-15(12)19-14/h5-9H,1-4H3,(H2,18,20). The van der Waals surface area contributed by atoms with E-state index in [1.165, 1.54) is 22.5 Å². The van der Waals surface area contributed by atoms with Crippen LogP contribution in [0.1, 0.15) is 36.6 Å². The maximum atomic E-state index is 5.80. The number of hydrogen-bond donors (Lipinski definition) is 1. The Morgan fingerprint density at radius 3 is 2.38 bits per heavy atom. The molecule has 0 radical (unpaired) electrons. The molecule has 0 atom stereocenters. The number of rotatable bonds is 2. The number of thiazole rings is 1. The highest BCUT2D eigenvalue weighted by Crippen LogP contribution is 2.33. The summed E-state index contributed by atoms with van der Waals surface area (Å²) in [6.07, 6.45) is 0. The summed E-state index contributed by atoms with van der Waals surface area (Å²) < 4.78 is 0. The van der Waals surface area contributed by atoms with Crippen LogP contribution in [0.2, 0.25) is 0 Å². The topological polar surface area (TPSA) is 51.8 Å². The molecule has 0 aliphatic carbocycles. The Balaban J connectivity index is 2.36. The van der Waals surface area contributed by atoms with E-state index in [1.807, 2.05) is 5.38 Å². The molecule has 1 aromatic carbocycles. The molecule has 0 unspecified atom stereocenters. The van der Waals surface area contributed by atoms with Crippen molar-refractivity contribution in [3.8, 4) is 11.3 Å². The molecule has 2 N–H and O–H groups in total. The van der Waals surface area contributed by atoms with Crippen LogP contribution in [0.5, 0.6) is 0 Å². The predicted octanol–water partition coefficient (Wildman–Crippen LogP) is 4.68. The van der Waals surface area contributed by atoms with E-state index >= 15 is 0 Å². The number of aromatic nitrogens is 2. The molecule has 0 aliphatic rings. The minimum atomic E-state index is 0.380. The van der Waals surface area contributed by atoms with E-state index in [1.54, 1.807) is 0 Å². The highest BCUT2D eigenvalue weighted by Gasteiger charge is 2.13. The van der Waals surface area contributed by atoms with E-state index in [0.29, 0.717) is 11.0 Å². The normalized spacial score (nSPS) is 11.5. The highest BCUT2D eigenvalue weighted by atomic mass is 32.1. The fourth-order valence-corrected chi connectivity index (χ4v) is 2.99. The summed E-state index contributed by atoms with van der Waals surface area (Å²) in [5.41, 5.74) is 12.5. The fraction of sp³-hybridized carbons (Fsp3) is 0.294. The number of nitrogens with two attached hydrogens (primary N) is 1. The second-order valence-electron chi connectivity index (χ2n) is 5.77. The van der Waals surface area contributed by atoms with Gasteiger partial charge in [-0.3, -0.25) is 4.98 Å². The number of aryl methyl sites for hydroxylation is 2. The summed E-state index contributed by atoms with van der Waals surface area (Å²) >= 11 is 1.48. The van der Waals surface area contributed by atoms with Gasteiger partial charge in [0.1, 0.15) is 0 Å². The zero-order valence-corrected chi connectivity index (χ0v) is 13.6. The lowest BCUT2D eigenvalue weighted by Crippen LogP contribution is -1.97. The molecular formula is C17H19N3S. The smallest absolute Gasteiger partial charge is 0.180 e. The van der Waals surface area contributed by atoms with E-state index in [2.05, 4.69) is 50.9 Å². The quantitative estimate of drug-likeness (QED) is 0.747. The molecule has 3 aromatic rings. The van der Waals surface area contributed by atoms with E-state index in [9.17, 15) is 0 Å². The predicted molar refractivity (Wildman–Crippen MR) is 90.8 cm³/mol. The number of anilines is 1. The Morgan fingerprint density at radius 1 is 1.05 bits per heavy atom. The van der Waals surface area contributed by atoms with Crippen LogP contribution in [0.15, 0.2) is 23.6 Å². The average molecular weight is 297 g/mol. The third-order valence-electron chi connectivity index (χ3n) is 3.83. The minimum absolute atomic E-state index is 0.380. The van der Waals surface area contributed by atoms with Crippen LogP contribution >= 0.6 is 11.3 Å². The summed E-state index contributed by atoms with van der Waals surface area (Å²) in [6, 6.07) is 6.51. The molecular weight excluding hydrogens is 278 g/mol. The maximum Gasteiger partial charge on any atom is 0.180 e. The maximum absolute atomic E-state index is 5.80. The summed E-state index contributed by atoms with van der Waals surface area (Å²) in [4.78, 5) is 9.27. The van der Waals surface area contributed by atoms with Crippen LogP contribution in [0.25, 0.3) is 22.2 Å². The third-order valence-corrected chi connectivity index (χ3v) is 4.51. The molecule has 4 heteroatoms. The monoisotopic (exact) mass is 297 g/mol. The molecule has 0 spiro atoms. The van der Waals surface area contributed by atoms with Crippen LogP contribution in [0.4, 0.5) is 5.13 Å². The molecule has 2 heterocycles. The first-order chi connectivity index (χ1) is 9.95. The van der Waals surface area contributed by atoms with Crippen LogP contribution in [0.3, 0.4) is 0 Å². The number of nitrogen functional groups attached to an aromatic ring is 1. The van der Waals surface area contributed by atoms with Crippen LogP contribution in [-0.2, 0) is 0 Å². The molecule has 3 nitrogen and oxygen atoms in total. The third kappa shape index (κ3) is 2.51. The zero-order valence-electron chi connectivity index (χ0n) is 12.8. The number of pyridine rings is 1. The van der Waals surface area contributed by atoms with E-state index < -0.39 is 0 Å². The van der Waals surface area contributed by atoms with Crippen molar-refractivity contribution >= 4 is 27.4 Å². The van der Waals surface area contributed by atoms with Gasteiger partial charge >= 0.3 is 0 Å². The lowest BCUT2D eigenvalue weighted by Gasteiger charge is -2.12. The van der Waals surface area contributed by atoms with Crippen molar-refractivity contribution in [2.45, 2.75) is 33.6 Å². The molecule has 0 saturated heterocycles. The lowest BCUT2D eigenvalue weighted by atomic mass is 9.98. The first-order valence-electron chi connectivity index (χ1n) is 7.09. The van der Waals surface area contributed by atoms with Gasteiger partial charge in [0.15, 0.2) is 5.13 Å². The van der Waals surface area contributed by atoms with Gasteiger partial charge in [0.25, 0.3) is 0 Å². The molecule has 0 bridgehead atoms. The molecule has 3 rings (SSSR count). The van der Waals surface area contributed by atoms with Crippen LogP contribution < -0.4 is 5.73 Å². The Morgan fingerprint density at radius 2 is 1.76 bits per heavy atom. The van der Waals surface area contributed by atoms with Gasteiger partial charge in [0.2, 0.25) is 0 Å². The van der Waals surface area contributed by atoms with Gasteiger partial charge in [-0.15, -0.1) is 11.3 Å². The Bertz CT molecular complexity index is 818. The summed E-state index contributed by atoms with van der Waals surface area (Å²) in [5.74, 6) is 0.380. The number of hydrogen-bond acceptors (Lipinski definition) is 4.